The molecular weight excluding hydrogens is 347 g/mol. The molecule has 0 aliphatic carbocycles. The maximum Gasteiger partial charge on any atom is 0.225 e. The van der Waals surface area contributed by atoms with Gasteiger partial charge in [0.15, 0.2) is 0 Å². The fourth-order valence-electron chi connectivity index (χ4n) is 3.10. The first kappa shape index (κ1) is 17.6. The van der Waals surface area contributed by atoms with Crippen molar-refractivity contribution < 1.29 is 0 Å². The summed E-state index contributed by atoms with van der Waals surface area (Å²) in [6.45, 7) is 6.98. The van der Waals surface area contributed by atoms with Gasteiger partial charge in [0.2, 0.25) is 5.95 Å². The normalized spacial score (nSPS) is 19.5. The van der Waals surface area contributed by atoms with Crippen LogP contribution in [0, 0.1) is 0 Å². The van der Waals surface area contributed by atoms with E-state index < -0.39 is 0 Å². The second kappa shape index (κ2) is 8.23. The summed E-state index contributed by atoms with van der Waals surface area (Å²) >= 11 is 12.3. The van der Waals surface area contributed by atoms with Crippen molar-refractivity contribution in [3.05, 3.63) is 28.8 Å². The van der Waals surface area contributed by atoms with Gasteiger partial charge in [-0.3, -0.25) is 4.90 Å². The Labute approximate surface area is 153 Å². The first-order valence-electron chi connectivity index (χ1n) is 8.41. The van der Waals surface area contributed by atoms with Gasteiger partial charge in [-0.15, -0.1) is 0 Å². The highest BCUT2D eigenvalue weighted by atomic mass is 35.5. The van der Waals surface area contributed by atoms with Crippen LogP contribution < -0.4 is 4.90 Å². The van der Waals surface area contributed by atoms with Crippen LogP contribution in [0.5, 0.6) is 0 Å². The van der Waals surface area contributed by atoms with Crippen molar-refractivity contribution in [2.24, 2.45) is 0 Å². The van der Waals surface area contributed by atoms with Crippen molar-refractivity contribution in [2.45, 2.75) is 12.8 Å². The van der Waals surface area contributed by atoms with Crippen LogP contribution in [0.4, 0.5) is 5.95 Å². The van der Waals surface area contributed by atoms with Crippen LogP contribution >= 0.6 is 23.2 Å². The fraction of sp³-hybridized carbons (Fsp3) is 0.625. The van der Waals surface area contributed by atoms with E-state index in [0.29, 0.717) is 10.3 Å². The molecule has 1 aromatic rings. The van der Waals surface area contributed by atoms with Gasteiger partial charge in [-0.25, -0.2) is 9.97 Å². The van der Waals surface area contributed by atoms with Gasteiger partial charge in [0.05, 0.1) is 6.67 Å². The molecule has 0 radical (unpaired) electrons. The number of unbranched alkanes of at least 4 members (excludes halogenated alkanes) is 1. The highest BCUT2D eigenvalue weighted by molar-refractivity contribution is 6.38. The van der Waals surface area contributed by atoms with Crippen LogP contribution in [-0.2, 0) is 0 Å². The predicted octanol–water partition coefficient (Wildman–Crippen LogP) is 2.19. The van der Waals surface area contributed by atoms with E-state index in [4.69, 9.17) is 23.2 Å². The van der Waals surface area contributed by atoms with Crippen molar-refractivity contribution in [1.29, 1.82) is 0 Å². The number of hydrogen-bond donors (Lipinski definition) is 0. The molecule has 8 heteroatoms. The largest absolute Gasteiger partial charge is 0.345 e. The van der Waals surface area contributed by atoms with Crippen molar-refractivity contribution in [2.75, 3.05) is 57.9 Å². The first-order chi connectivity index (χ1) is 11.6. The summed E-state index contributed by atoms with van der Waals surface area (Å²) in [4.78, 5) is 17.5. The summed E-state index contributed by atoms with van der Waals surface area (Å²) in [7, 11) is 1.96. The van der Waals surface area contributed by atoms with Crippen LogP contribution in [0.1, 0.15) is 12.8 Å². The molecule has 2 aliphatic rings. The minimum Gasteiger partial charge on any atom is -0.345 e. The number of rotatable bonds is 6. The third-order valence-corrected chi connectivity index (χ3v) is 5.51. The standard InChI is InChI=1S/C16H24Cl2N6/c1-21-13-24(15(18)14(21)17)8-3-2-7-22-9-11-23(12-10-22)16-19-5-4-6-20-16/h4-6H,2-3,7-13H2,1H3. The molecule has 3 heterocycles. The number of aromatic nitrogens is 2. The summed E-state index contributed by atoms with van der Waals surface area (Å²) in [5.41, 5.74) is 0. The Hall–Kier alpha value is -1.24. The highest BCUT2D eigenvalue weighted by Gasteiger charge is 2.23. The van der Waals surface area contributed by atoms with E-state index in [1.54, 1.807) is 12.4 Å². The zero-order chi connectivity index (χ0) is 16.9. The van der Waals surface area contributed by atoms with Crippen LogP contribution in [-0.4, -0.2) is 77.7 Å². The summed E-state index contributed by atoms with van der Waals surface area (Å²) in [6, 6.07) is 1.85. The van der Waals surface area contributed by atoms with Crippen LogP contribution in [0.3, 0.4) is 0 Å². The highest BCUT2D eigenvalue weighted by Crippen LogP contribution is 2.28. The number of piperazine rings is 1. The Morgan fingerprint density at radius 2 is 1.62 bits per heavy atom. The molecule has 0 atom stereocenters. The maximum atomic E-state index is 6.23. The molecule has 0 N–H and O–H groups in total. The van der Waals surface area contributed by atoms with Crippen molar-refractivity contribution in [3.63, 3.8) is 0 Å². The molecule has 132 valence electrons. The van der Waals surface area contributed by atoms with Crippen LogP contribution in [0.2, 0.25) is 0 Å². The molecule has 0 saturated carbocycles. The molecule has 3 rings (SSSR count). The van der Waals surface area contributed by atoms with E-state index >= 15 is 0 Å². The molecule has 1 aromatic heterocycles. The molecule has 0 amide bonds. The lowest BCUT2D eigenvalue weighted by Gasteiger charge is -2.34. The van der Waals surface area contributed by atoms with Crippen molar-refractivity contribution >= 4 is 29.2 Å². The second-order valence-corrected chi connectivity index (χ2v) is 6.99. The Kier molecular flexibility index (Phi) is 6.03. The second-order valence-electron chi connectivity index (χ2n) is 6.27. The van der Waals surface area contributed by atoms with Crippen LogP contribution in [0.15, 0.2) is 28.8 Å². The molecule has 0 aromatic carbocycles. The lowest BCUT2D eigenvalue weighted by atomic mass is 10.2. The quantitative estimate of drug-likeness (QED) is 0.564. The number of halogens is 2. The summed E-state index contributed by atoms with van der Waals surface area (Å²) in [5, 5.41) is 1.33. The van der Waals surface area contributed by atoms with Gasteiger partial charge in [-0.2, -0.15) is 0 Å². The third kappa shape index (κ3) is 4.23. The smallest absolute Gasteiger partial charge is 0.225 e. The van der Waals surface area contributed by atoms with Gasteiger partial charge in [-0.05, 0) is 25.5 Å². The van der Waals surface area contributed by atoms with Gasteiger partial charge in [0, 0.05) is 52.2 Å². The minimum absolute atomic E-state index is 0.649. The zero-order valence-electron chi connectivity index (χ0n) is 14.0. The summed E-state index contributed by atoms with van der Waals surface area (Å²) in [6.07, 6.45) is 5.90. The topological polar surface area (TPSA) is 38.7 Å². The molecule has 1 saturated heterocycles. The SMILES string of the molecule is CN1CN(CCCCN2CCN(c3ncccn3)CC2)C(Cl)=C1Cl. The molecule has 24 heavy (non-hydrogen) atoms. The van der Waals surface area contributed by atoms with Gasteiger partial charge < -0.3 is 14.7 Å². The summed E-state index contributed by atoms with van der Waals surface area (Å²) < 4.78 is 0. The van der Waals surface area contributed by atoms with E-state index in [2.05, 4.69) is 24.7 Å². The molecule has 6 nitrogen and oxygen atoms in total. The molecule has 1 fully saturated rings. The maximum absolute atomic E-state index is 6.23. The van der Waals surface area contributed by atoms with E-state index in [9.17, 15) is 0 Å². The number of nitrogens with zero attached hydrogens (tertiary/aromatic N) is 6. The molecule has 0 bridgehead atoms. The van der Waals surface area contributed by atoms with Crippen molar-refractivity contribution in [3.8, 4) is 0 Å². The van der Waals surface area contributed by atoms with Crippen molar-refractivity contribution in [1.82, 2.24) is 24.7 Å². The van der Waals surface area contributed by atoms with Gasteiger partial charge >= 0.3 is 0 Å². The lowest BCUT2D eigenvalue weighted by molar-refractivity contribution is 0.239. The Morgan fingerprint density at radius 3 is 2.25 bits per heavy atom. The lowest BCUT2D eigenvalue weighted by Crippen LogP contribution is -2.47. The van der Waals surface area contributed by atoms with Gasteiger partial charge in [0.25, 0.3) is 0 Å². The Morgan fingerprint density at radius 1 is 0.958 bits per heavy atom. The van der Waals surface area contributed by atoms with Crippen LogP contribution in [0.25, 0.3) is 0 Å². The monoisotopic (exact) mass is 370 g/mol. The molecular formula is C16H24Cl2N6. The van der Waals surface area contributed by atoms with E-state index in [-0.39, 0.29) is 0 Å². The number of hydrogen-bond acceptors (Lipinski definition) is 6. The Balaban J connectivity index is 1.33. The van der Waals surface area contributed by atoms with E-state index in [1.807, 2.05) is 18.0 Å². The fourth-order valence-corrected chi connectivity index (χ4v) is 3.56. The first-order valence-corrected chi connectivity index (χ1v) is 9.16. The number of anilines is 1. The van der Waals surface area contributed by atoms with Gasteiger partial charge in [0.1, 0.15) is 10.3 Å². The average molecular weight is 371 g/mol. The zero-order valence-corrected chi connectivity index (χ0v) is 15.5. The van der Waals surface area contributed by atoms with E-state index in [0.717, 1.165) is 58.3 Å². The molecule has 0 spiro atoms. The average Bonchev–Trinajstić information content (AvgIpc) is 2.87. The molecule has 0 unspecified atom stereocenters. The molecule has 2 aliphatic heterocycles. The van der Waals surface area contributed by atoms with Gasteiger partial charge in [-0.1, -0.05) is 23.2 Å². The Bertz CT molecular complexity index is 559. The van der Waals surface area contributed by atoms with E-state index in [1.165, 1.54) is 6.42 Å². The summed E-state index contributed by atoms with van der Waals surface area (Å²) in [5.74, 6) is 0.841. The minimum atomic E-state index is 0.649. The predicted molar refractivity (Wildman–Crippen MR) is 98.0 cm³/mol. The third-order valence-electron chi connectivity index (χ3n) is 4.53.